The van der Waals surface area contributed by atoms with E-state index in [0.29, 0.717) is 5.70 Å². The zero-order valence-electron chi connectivity index (χ0n) is 7.63. The van der Waals surface area contributed by atoms with E-state index in [2.05, 4.69) is 16.8 Å². The van der Waals surface area contributed by atoms with Gasteiger partial charge in [-0.15, -0.1) is 0 Å². The zero-order chi connectivity index (χ0) is 9.40. The summed E-state index contributed by atoms with van der Waals surface area (Å²) in [7, 11) is 0. The number of hydrogen-bond acceptors (Lipinski definition) is 2. The van der Waals surface area contributed by atoms with Crippen molar-refractivity contribution in [3.8, 4) is 0 Å². The van der Waals surface area contributed by atoms with Crippen LogP contribution < -0.4 is 0 Å². The van der Waals surface area contributed by atoms with Gasteiger partial charge in [0.1, 0.15) is 6.67 Å². The molecule has 0 spiro atoms. The fourth-order valence-electron chi connectivity index (χ4n) is 0.491. The first-order valence-corrected chi connectivity index (χ1v) is 4.04. The fourth-order valence-corrected chi connectivity index (χ4v) is 0.491. The molecule has 0 saturated heterocycles. The molecule has 0 aromatic rings. The van der Waals surface area contributed by atoms with Crippen molar-refractivity contribution < 1.29 is 4.39 Å². The summed E-state index contributed by atoms with van der Waals surface area (Å²) in [6.45, 7) is 6.95. The largest absolute Gasteiger partial charge is 0.246 e. The van der Waals surface area contributed by atoms with Crippen molar-refractivity contribution in [2.24, 2.45) is 10.2 Å². The Hall–Kier alpha value is -0.990. The van der Waals surface area contributed by atoms with Gasteiger partial charge in [-0.3, -0.25) is 0 Å². The molecule has 0 aliphatic rings. The first kappa shape index (κ1) is 11.0. The molecule has 0 aromatic carbocycles. The summed E-state index contributed by atoms with van der Waals surface area (Å²) in [6.07, 6.45) is 3.77. The van der Waals surface area contributed by atoms with Crippen molar-refractivity contribution in [2.75, 3.05) is 6.67 Å². The number of rotatable bonds is 5. The standard InChI is InChI=1S/C9H15FN2/c1-4-8(3)11-12-9(5-2)6-7-10/h5-6,8H,2,4,7H2,1,3H3/b9-6+,12-11?. The smallest absolute Gasteiger partial charge is 0.110 e. The third-order valence-corrected chi connectivity index (χ3v) is 1.46. The summed E-state index contributed by atoms with van der Waals surface area (Å²) >= 11 is 0. The summed E-state index contributed by atoms with van der Waals surface area (Å²) in [5.41, 5.74) is 0.498. The third-order valence-electron chi connectivity index (χ3n) is 1.46. The monoisotopic (exact) mass is 170 g/mol. The van der Waals surface area contributed by atoms with E-state index in [4.69, 9.17) is 0 Å². The van der Waals surface area contributed by atoms with E-state index >= 15 is 0 Å². The number of halogens is 1. The summed E-state index contributed by atoms with van der Waals surface area (Å²) in [5, 5.41) is 7.78. The van der Waals surface area contributed by atoms with Gasteiger partial charge in [-0.2, -0.15) is 10.2 Å². The van der Waals surface area contributed by atoms with E-state index in [0.717, 1.165) is 6.42 Å². The zero-order valence-corrected chi connectivity index (χ0v) is 7.63. The predicted molar refractivity (Wildman–Crippen MR) is 48.9 cm³/mol. The van der Waals surface area contributed by atoms with Crippen LogP contribution in [0, 0.1) is 0 Å². The van der Waals surface area contributed by atoms with E-state index in [9.17, 15) is 4.39 Å². The molecule has 0 bridgehead atoms. The van der Waals surface area contributed by atoms with Gasteiger partial charge in [0, 0.05) is 0 Å². The van der Waals surface area contributed by atoms with Gasteiger partial charge < -0.3 is 0 Å². The van der Waals surface area contributed by atoms with Gasteiger partial charge in [-0.1, -0.05) is 13.5 Å². The molecule has 0 aliphatic heterocycles. The molecule has 0 aromatic heterocycles. The summed E-state index contributed by atoms with van der Waals surface area (Å²) in [5.74, 6) is 0. The Morgan fingerprint density at radius 2 is 2.33 bits per heavy atom. The maximum absolute atomic E-state index is 11.8. The second-order valence-electron chi connectivity index (χ2n) is 2.46. The molecule has 0 saturated carbocycles. The van der Waals surface area contributed by atoms with Crippen LogP contribution in [0.2, 0.25) is 0 Å². The quantitative estimate of drug-likeness (QED) is 0.447. The Balaban J connectivity index is 4.10. The van der Waals surface area contributed by atoms with Crippen LogP contribution in [-0.4, -0.2) is 12.7 Å². The SMILES string of the molecule is C=C/C(=C\CF)N=NC(C)CC. The maximum Gasteiger partial charge on any atom is 0.110 e. The summed E-state index contributed by atoms with van der Waals surface area (Å²) in [4.78, 5) is 0. The summed E-state index contributed by atoms with van der Waals surface area (Å²) < 4.78 is 11.8. The highest BCUT2D eigenvalue weighted by Gasteiger charge is 1.93. The van der Waals surface area contributed by atoms with Crippen LogP contribution in [-0.2, 0) is 0 Å². The fraction of sp³-hybridized carbons (Fsp3) is 0.556. The number of allylic oxidation sites excluding steroid dienone is 2. The Bertz CT molecular complexity index is 185. The van der Waals surface area contributed by atoms with Gasteiger partial charge in [-0.05, 0) is 25.5 Å². The lowest BCUT2D eigenvalue weighted by Crippen LogP contribution is -1.92. The van der Waals surface area contributed by atoms with E-state index < -0.39 is 6.67 Å². The highest BCUT2D eigenvalue weighted by atomic mass is 19.1. The molecule has 0 rings (SSSR count). The van der Waals surface area contributed by atoms with Crippen molar-refractivity contribution in [3.63, 3.8) is 0 Å². The molecule has 0 amide bonds. The average Bonchev–Trinajstić information content (AvgIpc) is 2.11. The molecule has 0 heterocycles. The molecule has 0 fully saturated rings. The van der Waals surface area contributed by atoms with Crippen LogP contribution in [0.5, 0.6) is 0 Å². The number of alkyl halides is 1. The van der Waals surface area contributed by atoms with E-state index in [1.165, 1.54) is 12.2 Å². The first-order valence-electron chi connectivity index (χ1n) is 4.04. The van der Waals surface area contributed by atoms with Crippen LogP contribution in [0.15, 0.2) is 34.7 Å². The second-order valence-corrected chi connectivity index (χ2v) is 2.46. The molecule has 3 heteroatoms. The molecule has 0 radical (unpaired) electrons. The number of hydrogen-bond donors (Lipinski definition) is 0. The first-order chi connectivity index (χ1) is 5.74. The van der Waals surface area contributed by atoms with Gasteiger partial charge in [0.15, 0.2) is 0 Å². The third kappa shape index (κ3) is 4.77. The van der Waals surface area contributed by atoms with Gasteiger partial charge in [-0.25, -0.2) is 4.39 Å². The lowest BCUT2D eigenvalue weighted by atomic mass is 10.3. The molecule has 1 unspecified atom stereocenters. The topological polar surface area (TPSA) is 24.7 Å². The van der Waals surface area contributed by atoms with Gasteiger partial charge >= 0.3 is 0 Å². The average molecular weight is 170 g/mol. The van der Waals surface area contributed by atoms with E-state index in [1.807, 2.05) is 13.8 Å². The Kier molecular flexibility index (Phi) is 6.15. The molecular formula is C9H15FN2. The minimum atomic E-state index is -0.527. The van der Waals surface area contributed by atoms with Gasteiger partial charge in [0.05, 0.1) is 11.7 Å². The Morgan fingerprint density at radius 1 is 1.67 bits per heavy atom. The lowest BCUT2D eigenvalue weighted by Gasteiger charge is -1.97. The van der Waals surface area contributed by atoms with Crippen LogP contribution >= 0.6 is 0 Å². The van der Waals surface area contributed by atoms with Crippen LogP contribution in [0.25, 0.3) is 0 Å². The minimum absolute atomic E-state index is 0.188. The predicted octanol–water partition coefficient (Wildman–Crippen LogP) is 3.28. The second kappa shape index (κ2) is 6.70. The van der Waals surface area contributed by atoms with Crippen LogP contribution in [0.1, 0.15) is 20.3 Å². The molecular weight excluding hydrogens is 155 g/mol. The molecule has 1 atom stereocenters. The van der Waals surface area contributed by atoms with Crippen LogP contribution in [0.4, 0.5) is 4.39 Å². The van der Waals surface area contributed by atoms with E-state index in [-0.39, 0.29) is 6.04 Å². The van der Waals surface area contributed by atoms with Crippen molar-refractivity contribution in [1.29, 1.82) is 0 Å². The Labute approximate surface area is 72.9 Å². The Morgan fingerprint density at radius 3 is 2.75 bits per heavy atom. The highest BCUT2D eigenvalue weighted by molar-refractivity contribution is 5.13. The van der Waals surface area contributed by atoms with Gasteiger partial charge in [0.25, 0.3) is 0 Å². The molecule has 2 nitrogen and oxygen atoms in total. The lowest BCUT2D eigenvalue weighted by molar-refractivity contribution is 0.559. The molecule has 68 valence electrons. The molecule has 0 N–H and O–H groups in total. The maximum atomic E-state index is 11.8. The normalized spacial score (nSPS) is 15.1. The van der Waals surface area contributed by atoms with Crippen molar-refractivity contribution in [1.82, 2.24) is 0 Å². The van der Waals surface area contributed by atoms with Crippen LogP contribution in [0.3, 0.4) is 0 Å². The number of nitrogens with zero attached hydrogens (tertiary/aromatic N) is 2. The van der Waals surface area contributed by atoms with Crippen molar-refractivity contribution >= 4 is 0 Å². The number of azo groups is 1. The molecule has 0 aliphatic carbocycles. The van der Waals surface area contributed by atoms with Crippen molar-refractivity contribution in [3.05, 3.63) is 24.4 Å². The van der Waals surface area contributed by atoms with Gasteiger partial charge in [0.2, 0.25) is 0 Å². The van der Waals surface area contributed by atoms with E-state index in [1.54, 1.807) is 0 Å². The minimum Gasteiger partial charge on any atom is -0.246 e. The van der Waals surface area contributed by atoms with Crippen molar-refractivity contribution in [2.45, 2.75) is 26.3 Å². The summed E-state index contributed by atoms with van der Waals surface area (Å²) in [6, 6.07) is 0.188. The highest BCUT2D eigenvalue weighted by Crippen LogP contribution is 2.03. The molecule has 12 heavy (non-hydrogen) atoms.